The number of hydrogen-bond acceptors (Lipinski definition) is 5. The Morgan fingerprint density at radius 1 is 1.07 bits per heavy atom. The largest absolute Gasteiger partial charge is 0.454 e. The van der Waals surface area contributed by atoms with Gasteiger partial charge in [0.25, 0.3) is 0 Å². The first-order valence-electron chi connectivity index (χ1n) is 10.4. The molecule has 0 amide bonds. The first-order chi connectivity index (χ1) is 14.6. The molecule has 2 aliphatic heterocycles. The Hall–Kier alpha value is -2.73. The minimum absolute atomic E-state index is 0.298. The van der Waals surface area contributed by atoms with Gasteiger partial charge in [0.05, 0.1) is 5.52 Å². The smallest absolute Gasteiger partial charge is 0.231 e. The van der Waals surface area contributed by atoms with Crippen LogP contribution in [0.15, 0.2) is 46.4 Å². The third-order valence-electron chi connectivity index (χ3n) is 5.57. The number of pyridine rings is 1. The summed E-state index contributed by atoms with van der Waals surface area (Å²) in [7, 11) is 0. The predicted molar refractivity (Wildman–Crippen MR) is 121 cm³/mol. The molecule has 0 saturated carbocycles. The van der Waals surface area contributed by atoms with E-state index in [1.807, 2.05) is 6.07 Å². The molecule has 0 atom stereocenters. The molecule has 0 N–H and O–H groups in total. The Morgan fingerprint density at radius 2 is 1.90 bits per heavy atom. The molecule has 6 heteroatoms. The molecule has 2 aliphatic rings. The van der Waals surface area contributed by atoms with Crippen molar-refractivity contribution < 1.29 is 9.47 Å². The first kappa shape index (κ1) is 19.2. The Bertz CT molecular complexity index is 1160. The highest BCUT2D eigenvalue weighted by molar-refractivity contribution is 8.13. The number of fused-ring (bicyclic) bond motifs is 3. The number of amidine groups is 1. The summed E-state index contributed by atoms with van der Waals surface area (Å²) < 4.78 is 11.0. The number of rotatable bonds is 4. The van der Waals surface area contributed by atoms with Gasteiger partial charge in [-0.1, -0.05) is 13.0 Å². The molecule has 0 saturated heterocycles. The molecule has 1 aromatic heterocycles. The molecule has 0 aliphatic carbocycles. The van der Waals surface area contributed by atoms with E-state index in [2.05, 4.69) is 56.0 Å². The zero-order chi connectivity index (χ0) is 20.7. The van der Waals surface area contributed by atoms with E-state index in [1.165, 1.54) is 27.6 Å². The third-order valence-corrected chi connectivity index (χ3v) is 6.69. The monoisotopic (exact) mass is 419 g/mol. The van der Waals surface area contributed by atoms with Crippen LogP contribution in [-0.4, -0.2) is 28.4 Å². The van der Waals surface area contributed by atoms with Crippen LogP contribution < -0.4 is 9.47 Å². The highest BCUT2D eigenvalue weighted by Crippen LogP contribution is 2.36. The van der Waals surface area contributed by atoms with Crippen molar-refractivity contribution in [3.05, 3.63) is 58.7 Å². The second-order valence-electron chi connectivity index (χ2n) is 7.89. The molecule has 2 aromatic carbocycles. The summed E-state index contributed by atoms with van der Waals surface area (Å²) in [5, 5.41) is 3.31. The maximum atomic E-state index is 5.56. The molecule has 154 valence electrons. The van der Waals surface area contributed by atoms with Crippen molar-refractivity contribution in [3.8, 4) is 11.5 Å². The number of hydrogen-bond donors (Lipinski definition) is 0. The zero-order valence-electron chi connectivity index (χ0n) is 17.6. The minimum Gasteiger partial charge on any atom is -0.454 e. The van der Waals surface area contributed by atoms with Crippen molar-refractivity contribution in [2.24, 2.45) is 4.99 Å². The van der Waals surface area contributed by atoms with Crippen LogP contribution >= 0.6 is 11.8 Å². The van der Waals surface area contributed by atoms with Crippen molar-refractivity contribution in [3.63, 3.8) is 0 Å². The van der Waals surface area contributed by atoms with E-state index in [0.29, 0.717) is 6.79 Å². The molecule has 0 unspecified atom stereocenters. The van der Waals surface area contributed by atoms with Gasteiger partial charge in [-0.25, -0.2) is 4.98 Å². The molecule has 0 spiro atoms. The number of aromatic nitrogens is 1. The van der Waals surface area contributed by atoms with Crippen LogP contribution in [0.4, 0.5) is 0 Å². The highest BCUT2D eigenvalue weighted by Gasteiger charge is 2.25. The van der Waals surface area contributed by atoms with E-state index >= 15 is 0 Å². The number of aryl methyl sites for hydroxylation is 2. The topological polar surface area (TPSA) is 47.0 Å². The second-order valence-corrected chi connectivity index (χ2v) is 8.85. The van der Waals surface area contributed by atoms with Crippen LogP contribution in [0.1, 0.15) is 35.6 Å². The lowest BCUT2D eigenvalue weighted by atomic mass is 10.0. The van der Waals surface area contributed by atoms with Crippen LogP contribution in [0.25, 0.3) is 10.9 Å². The molecule has 0 fully saturated rings. The van der Waals surface area contributed by atoms with E-state index in [1.54, 1.807) is 11.8 Å². The third kappa shape index (κ3) is 3.60. The van der Waals surface area contributed by atoms with Gasteiger partial charge in [0, 0.05) is 30.6 Å². The Labute approximate surface area is 181 Å². The van der Waals surface area contributed by atoms with Gasteiger partial charge >= 0.3 is 0 Å². The van der Waals surface area contributed by atoms with Gasteiger partial charge in [0.2, 0.25) is 6.79 Å². The average Bonchev–Trinajstić information content (AvgIpc) is 3.20. The van der Waals surface area contributed by atoms with Gasteiger partial charge in [-0.15, -0.1) is 0 Å². The average molecular weight is 420 g/mol. The first-order valence-corrected chi connectivity index (χ1v) is 11.2. The van der Waals surface area contributed by atoms with Gasteiger partial charge in [0.15, 0.2) is 16.7 Å². The van der Waals surface area contributed by atoms with Crippen LogP contribution in [0.5, 0.6) is 11.5 Å². The van der Waals surface area contributed by atoms with Gasteiger partial charge in [-0.05, 0) is 79.1 Å². The number of aliphatic imine (C=N–C) groups is 1. The molecule has 5 nitrogen and oxygen atoms in total. The minimum atomic E-state index is 0.298. The molecular formula is C24H25N3O2S. The van der Waals surface area contributed by atoms with Crippen molar-refractivity contribution in [1.29, 1.82) is 0 Å². The fourth-order valence-corrected chi connectivity index (χ4v) is 4.80. The lowest BCUT2D eigenvalue weighted by Crippen LogP contribution is -2.32. The number of ether oxygens (including phenoxy) is 2. The number of nitrogens with zero attached hydrogens (tertiary/aromatic N) is 3. The SMILES string of the molecule is CCCN=C1Sc2nc3cc(C)c(C)cc3cc2CN1Cc1ccc2c(c1)OCO2. The number of thioether (sulfide) groups is 1. The maximum absolute atomic E-state index is 5.56. The Morgan fingerprint density at radius 3 is 2.77 bits per heavy atom. The van der Waals surface area contributed by atoms with Crippen molar-refractivity contribution in [2.45, 2.75) is 45.3 Å². The fraction of sp³-hybridized carbons (Fsp3) is 0.333. The predicted octanol–water partition coefficient (Wildman–Crippen LogP) is 5.45. The van der Waals surface area contributed by atoms with Crippen molar-refractivity contribution in [2.75, 3.05) is 13.3 Å². The zero-order valence-corrected chi connectivity index (χ0v) is 18.4. The van der Waals surface area contributed by atoms with Crippen LogP contribution in [0.2, 0.25) is 0 Å². The molecular weight excluding hydrogens is 394 g/mol. The molecule has 3 heterocycles. The highest BCUT2D eigenvalue weighted by atomic mass is 32.2. The molecule has 3 aromatic rings. The number of benzene rings is 2. The van der Waals surface area contributed by atoms with Crippen LogP contribution in [0.3, 0.4) is 0 Å². The van der Waals surface area contributed by atoms with Gasteiger partial charge in [-0.3, -0.25) is 4.99 Å². The van der Waals surface area contributed by atoms with Gasteiger partial charge < -0.3 is 14.4 Å². The van der Waals surface area contributed by atoms with Gasteiger partial charge in [-0.2, -0.15) is 0 Å². The standard InChI is InChI=1S/C24H25N3O2S/c1-4-7-25-24-27(12-17-5-6-21-22(10-17)29-14-28-21)13-19-11-18-8-15(2)16(3)9-20(18)26-23(19)30-24/h5-6,8-11H,4,7,12-14H2,1-3H3. The molecule has 30 heavy (non-hydrogen) atoms. The van der Waals surface area contributed by atoms with E-state index in [0.717, 1.165) is 53.3 Å². The van der Waals surface area contributed by atoms with Crippen LogP contribution in [0, 0.1) is 13.8 Å². The summed E-state index contributed by atoms with van der Waals surface area (Å²) in [6.07, 6.45) is 1.03. The summed E-state index contributed by atoms with van der Waals surface area (Å²) in [5.41, 5.74) is 6.08. The molecule has 0 bridgehead atoms. The Balaban J connectivity index is 1.49. The fourth-order valence-electron chi connectivity index (χ4n) is 3.82. The summed E-state index contributed by atoms with van der Waals surface area (Å²) in [5.74, 6) is 1.64. The lowest BCUT2D eigenvalue weighted by molar-refractivity contribution is 0.174. The Kier molecular flexibility index (Phi) is 5.03. The quantitative estimate of drug-likeness (QED) is 0.562. The van der Waals surface area contributed by atoms with Crippen molar-refractivity contribution in [1.82, 2.24) is 9.88 Å². The van der Waals surface area contributed by atoms with Crippen molar-refractivity contribution >= 4 is 27.8 Å². The van der Waals surface area contributed by atoms with Crippen LogP contribution in [-0.2, 0) is 13.1 Å². The van der Waals surface area contributed by atoms with E-state index in [4.69, 9.17) is 19.5 Å². The molecule has 5 rings (SSSR count). The second kappa shape index (κ2) is 7.84. The van der Waals surface area contributed by atoms with Gasteiger partial charge in [0.1, 0.15) is 5.03 Å². The van der Waals surface area contributed by atoms with E-state index in [-0.39, 0.29) is 0 Å². The summed E-state index contributed by atoms with van der Waals surface area (Å²) in [6.45, 7) is 9.15. The van der Waals surface area contributed by atoms with E-state index in [9.17, 15) is 0 Å². The normalized spacial score (nSPS) is 16.4. The summed E-state index contributed by atoms with van der Waals surface area (Å²) in [6, 6.07) is 12.9. The summed E-state index contributed by atoms with van der Waals surface area (Å²) >= 11 is 1.68. The van der Waals surface area contributed by atoms with E-state index < -0.39 is 0 Å². The maximum Gasteiger partial charge on any atom is 0.231 e. The summed E-state index contributed by atoms with van der Waals surface area (Å²) in [4.78, 5) is 12.2. The molecule has 0 radical (unpaired) electrons. The lowest BCUT2D eigenvalue weighted by Gasteiger charge is -2.31.